The first-order valence-corrected chi connectivity index (χ1v) is 8.90. The van der Waals surface area contributed by atoms with Crippen molar-refractivity contribution in [3.05, 3.63) is 65.7 Å². The van der Waals surface area contributed by atoms with Gasteiger partial charge in [0, 0.05) is 18.3 Å². The molecule has 0 aromatic heterocycles. The lowest BCUT2D eigenvalue weighted by molar-refractivity contribution is -0.123. The third-order valence-electron chi connectivity index (χ3n) is 4.05. The van der Waals surface area contributed by atoms with Crippen LogP contribution in [0, 0.1) is 0 Å². The fraction of sp³-hybridized carbons (Fsp3) is 0.150. The number of guanidine groups is 1. The van der Waals surface area contributed by atoms with E-state index in [0.717, 1.165) is 5.56 Å². The molecule has 2 aromatic carbocycles. The van der Waals surface area contributed by atoms with Crippen LogP contribution in [-0.2, 0) is 9.59 Å². The lowest BCUT2D eigenvalue weighted by Crippen LogP contribution is -2.35. The van der Waals surface area contributed by atoms with E-state index in [2.05, 4.69) is 31.5 Å². The minimum absolute atomic E-state index is 0.114. The molecule has 29 heavy (non-hydrogen) atoms. The zero-order valence-electron chi connectivity index (χ0n) is 15.7. The number of hydrazone groups is 1. The second-order valence-corrected chi connectivity index (χ2v) is 6.17. The van der Waals surface area contributed by atoms with Gasteiger partial charge in [-0.1, -0.05) is 30.3 Å². The number of rotatable bonds is 6. The van der Waals surface area contributed by atoms with Gasteiger partial charge in [0.2, 0.25) is 11.9 Å². The molecule has 0 saturated heterocycles. The molecular formula is C20H20N6O3. The van der Waals surface area contributed by atoms with E-state index in [1.54, 1.807) is 37.5 Å². The van der Waals surface area contributed by atoms with Gasteiger partial charge >= 0.3 is 0 Å². The summed E-state index contributed by atoms with van der Waals surface area (Å²) in [7, 11) is 1.54. The average molecular weight is 392 g/mol. The van der Waals surface area contributed by atoms with Crippen molar-refractivity contribution in [3.63, 3.8) is 0 Å². The van der Waals surface area contributed by atoms with Crippen molar-refractivity contribution in [2.75, 3.05) is 12.4 Å². The average Bonchev–Trinajstić information content (AvgIpc) is 3.07. The third kappa shape index (κ3) is 5.48. The van der Waals surface area contributed by atoms with Crippen molar-refractivity contribution in [2.24, 2.45) is 10.1 Å². The molecule has 2 aromatic rings. The van der Waals surface area contributed by atoms with E-state index in [1.165, 1.54) is 0 Å². The van der Waals surface area contributed by atoms with Crippen LogP contribution >= 0.6 is 0 Å². The van der Waals surface area contributed by atoms with Crippen LogP contribution in [0.2, 0.25) is 0 Å². The quantitative estimate of drug-likeness (QED) is 0.430. The molecule has 0 spiro atoms. The Kier molecular flexibility index (Phi) is 6.31. The minimum Gasteiger partial charge on any atom is -0.355 e. The van der Waals surface area contributed by atoms with Gasteiger partial charge in [0.05, 0.1) is 12.6 Å². The fourth-order valence-electron chi connectivity index (χ4n) is 2.59. The standard InChI is InChI=1S/C20H20N6O3/c1-21-18(28)14-7-9-15(10-8-14)23-17(27)11-16-19(29)25-20(24-16)26-22-12-13-5-3-2-4-6-13/h2-10,12,16H,11H2,1H3,(H,21,28)(H,23,27)(H2,24,25,26,29). The van der Waals surface area contributed by atoms with Crippen LogP contribution in [-0.4, -0.2) is 43.0 Å². The van der Waals surface area contributed by atoms with Gasteiger partial charge in [-0.3, -0.25) is 19.7 Å². The van der Waals surface area contributed by atoms with E-state index in [-0.39, 0.29) is 30.1 Å². The molecule has 1 aliphatic heterocycles. The Bertz CT molecular complexity index is 954. The molecule has 1 heterocycles. The lowest BCUT2D eigenvalue weighted by Gasteiger charge is -2.07. The van der Waals surface area contributed by atoms with E-state index in [0.29, 0.717) is 11.3 Å². The molecule has 1 aliphatic rings. The zero-order valence-corrected chi connectivity index (χ0v) is 15.7. The molecule has 1 unspecified atom stereocenters. The highest BCUT2D eigenvalue weighted by Crippen LogP contribution is 2.12. The van der Waals surface area contributed by atoms with Crippen molar-refractivity contribution < 1.29 is 14.4 Å². The molecule has 148 valence electrons. The summed E-state index contributed by atoms with van der Waals surface area (Å²) in [5.41, 5.74) is 4.55. The molecule has 3 rings (SSSR count). The summed E-state index contributed by atoms with van der Waals surface area (Å²) >= 11 is 0. The number of carbonyl (C=O) groups excluding carboxylic acids is 3. The van der Waals surface area contributed by atoms with E-state index >= 15 is 0 Å². The first-order chi connectivity index (χ1) is 14.0. The Morgan fingerprint density at radius 3 is 2.55 bits per heavy atom. The summed E-state index contributed by atoms with van der Waals surface area (Å²) in [6.45, 7) is 0. The predicted molar refractivity (Wildman–Crippen MR) is 110 cm³/mol. The number of anilines is 1. The molecule has 0 radical (unpaired) electrons. The summed E-state index contributed by atoms with van der Waals surface area (Å²) in [6.07, 6.45) is 1.48. The van der Waals surface area contributed by atoms with E-state index in [9.17, 15) is 14.4 Å². The highest BCUT2D eigenvalue weighted by atomic mass is 16.2. The predicted octanol–water partition coefficient (Wildman–Crippen LogP) is 0.853. The highest BCUT2D eigenvalue weighted by molar-refractivity contribution is 6.07. The first-order valence-electron chi connectivity index (χ1n) is 8.90. The molecule has 4 N–H and O–H groups in total. The Morgan fingerprint density at radius 2 is 1.86 bits per heavy atom. The Morgan fingerprint density at radius 1 is 1.14 bits per heavy atom. The number of carbonyl (C=O) groups is 3. The summed E-state index contributed by atoms with van der Waals surface area (Å²) < 4.78 is 0. The first kappa shape index (κ1) is 19.7. The van der Waals surface area contributed by atoms with Crippen LogP contribution in [0.3, 0.4) is 0 Å². The summed E-state index contributed by atoms with van der Waals surface area (Å²) in [4.78, 5) is 39.9. The van der Waals surface area contributed by atoms with Gasteiger partial charge in [-0.15, -0.1) is 0 Å². The molecule has 0 fully saturated rings. The maximum absolute atomic E-state index is 12.2. The van der Waals surface area contributed by atoms with Gasteiger partial charge in [0.1, 0.15) is 6.04 Å². The second-order valence-electron chi connectivity index (χ2n) is 6.17. The third-order valence-corrected chi connectivity index (χ3v) is 4.05. The molecule has 0 saturated carbocycles. The monoisotopic (exact) mass is 392 g/mol. The molecule has 1 atom stereocenters. The van der Waals surface area contributed by atoms with E-state index in [1.807, 2.05) is 30.3 Å². The number of nitrogens with one attached hydrogen (secondary N) is 4. The molecular weight excluding hydrogens is 372 g/mol. The summed E-state index contributed by atoms with van der Waals surface area (Å²) in [5, 5.41) is 11.8. The SMILES string of the molecule is CNC(=O)c1ccc(NC(=O)CC2N=C(NN=Cc3ccccc3)NC2=O)cc1. The number of hydrogen-bond acceptors (Lipinski definition) is 6. The number of hydrogen-bond donors (Lipinski definition) is 4. The lowest BCUT2D eigenvalue weighted by atomic mass is 10.1. The normalized spacial score (nSPS) is 15.6. The van der Waals surface area contributed by atoms with Crippen molar-refractivity contribution in [2.45, 2.75) is 12.5 Å². The van der Waals surface area contributed by atoms with Crippen LogP contribution in [0.5, 0.6) is 0 Å². The number of aliphatic imine (C=N–C) groups is 1. The topological polar surface area (TPSA) is 124 Å². The molecule has 9 nitrogen and oxygen atoms in total. The summed E-state index contributed by atoms with van der Waals surface area (Å²) in [6, 6.07) is 15.0. The number of nitrogens with zero attached hydrogens (tertiary/aromatic N) is 2. The van der Waals surface area contributed by atoms with E-state index < -0.39 is 6.04 Å². The number of amides is 3. The highest BCUT2D eigenvalue weighted by Gasteiger charge is 2.28. The van der Waals surface area contributed by atoms with Gasteiger partial charge in [-0.25, -0.2) is 10.4 Å². The fourth-order valence-corrected chi connectivity index (χ4v) is 2.59. The van der Waals surface area contributed by atoms with E-state index in [4.69, 9.17) is 0 Å². The molecule has 9 heteroatoms. The van der Waals surface area contributed by atoms with Gasteiger partial charge < -0.3 is 10.6 Å². The Balaban J connectivity index is 1.52. The number of benzene rings is 2. The van der Waals surface area contributed by atoms with Crippen LogP contribution in [0.25, 0.3) is 0 Å². The largest absolute Gasteiger partial charge is 0.355 e. The van der Waals surface area contributed by atoms with Crippen LogP contribution in [0.15, 0.2) is 64.7 Å². The smallest absolute Gasteiger partial charge is 0.252 e. The van der Waals surface area contributed by atoms with Gasteiger partial charge in [-0.05, 0) is 29.8 Å². The minimum atomic E-state index is -0.838. The van der Waals surface area contributed by atoms with Gasteiger partial charge in [0.25, 0.3) is 11.8 Å². The Hall–Kier alpha value is -4.01. The zero-order chi connectivity index (χ0) is 20.6. The van der Waals surface area contributed by atoms with Crippen molar-refractivity contribution in [3.8, 4) is 0 Å². The Labute approximate surface area is 167 Å². The second kappa shape index (κ2) is 9.27. The molecule has 3 amide bonds. The van der Waals surface area contributed by atoms with Gasteiger partial charge in [-0.2, -0.15) is 5.10 Å². The van der Waals surface area contributed by atoms with Crippen molar-refractivity contribution in [1.82, 2.24) is 16.1 Å². The van der Waals surface area contributed by atoms with Crippen molar-refractivity contribution in [1.29, 1.82) is 0 Å². The maximum atomic E-state index is 12.2. The summed E-state index contributed by atoms with van der Waals surface area (Å²) in [5.74, 6) is -0.770. The van der Waals surface area contributed by atoms with Gasteiger partial charge in [0.15, 0.2) is 0 Å². The molecule has 0 aliphatic carbocycles. The van der Waals surface area contributed by atoms with Crippen LogP contribution in [0.1, 0.15) is 22.3 Å². The molecule has 0 bridgehead atoms. The van der Waals surface area contributed by atoms with Crippen molar-refractivity contribution >= 4 is 35.6 Å². The van der Waals surface area contributed by atoms with Crippen LogP contribution in [0.4, 0.5) is 5.69 Å². The van der Waals surface area contributed by atoms with Crippen LogP contribution < -0.4 is 21.4 Å². The maximum Gasteiger partial charge on any atom is 0.252 e.